The summed E-state index contributed by atoms with van der Waals surface area (Å²) in [6.45, 7) is -0.312. The highest BCUT2D eigenvalue weighted by molar-refractivity contribution is 6.22. The number of nitrogens with one attached hydrogen (secondary N) is 1. The van der Waals surface area contributed by atoms with Gasteiger partial charge in [0, 0.05) is 16.9 Å². The van der Waals surface area contributed by atoms with Crippen LogP contribution >= 0.6 is 0 Å². The lowest BCUT2D eigenvalue weighted by molar-refractivity contribution is 0.0673. The Balaban J connectivity index is 1.52. The molecule has 3 aromatic rings. The van der Waals surface area contributed by atoms with E-state index in [4.69, 9.17) is 11.0 Å². The highest BCUT2D eigenvalue weighted by Crippen LogP contribution is 2.26. The zero-order chi connectivity index (χ0) is 21.3. The van der Waals surface area contributed by atoms with Crippen LogP contribution in [0.25, 0.3) is 11.1 Å². The Bertz CT molecular complexity index is 1230. The molecular weight excluding hydrogens is 380 g/mol. The van der Waals surface area contributed by atoms with Crippen molar-refractivity contribution in [2.75, 3.05) is 17.6 Å². The summed E-state index contributed by atoms with van der Waals surface area (Å²) in [6, 6.07) is 20.8. The highest BCUT2D eigenvalue weighted by Gasteiger charge is 2.35. The van der Waals surface area contributed by atoms with E-state index in [1.165, 1.54) is 12.1 Å². The first-order valence-corrected chi connectivity index (χ1v) is 9.12. The molecule has 0 bridgehead atoms. The van der Waals surface area contributed by atoms with Gasteiger partial charge in [0.15, 0.2) is 0 Å². The van der Waals surface area contributed by atoms with Crippen molar-refractivity contribution in [3.63, 3.8) is 0 Å². The number of benzene rings is 3. The number of hydrogen-bond acceptors (Lipinski definition) is 5. The number of nitrogens with two attached hydrogens (primary N) is 1. The maximum Gasteiger partial charge on any atom is 0.262 e. The fourth-order valence-corrected chi connectivity index (χ4v) is 3.32. The van der Waals surface area contributed by atoms with E-state index in [-0.39, 0.29) is 23.6 Å². The second-order valence-electron chi connectivity index (χ2n) is 6.77. The second-order valence-corrected chi connectivity index (χ2v) is 6.77. The largest absolute Gasteiger partial charge is 0.399 e. The lowest BCUT2D eigenvalue weighted by Gasteiger charge is -2.08. The number of carbonyl (C=O) groups excluding carboxylic acids is 3. The van der Waals surface area contributed by atoms with E-state index in [1.54, 1.807) is 30.3 Å². The van der Waals surface area contributed by atoms with Gasteiger partial charge in [0.05, 0.1) is 17.2 Å². The third kappa shape index (κ3) is 3.38. The Labute approximate surface area is 172 Å². The van der Waals surface area contributed by atoms with Crippen molar-refractivity contribution in [1.82, 2.24) is 4.90 Å². The fourth-order valence-electron chi connectivity index (χ4n) is 3.32. The molecule has 1 heterocycles. The smallest absolute Gasteiger partial charge is 0.262 e. The summed E-state index contributed by atoms with van der Waals surface area (Å²) in [5.74, 6) is -1.40. The van der Waals surface area contributed by atoms with Crippen LogP contribution in [0.2, 0.25) is 0 Å². The van der Waals surface area contributed by atoms with E-state index < -0.39 is 11.8 Å². The molecule has 7 heteroatoms. The Hall–Kier alpha value is -4.44. The van der Waals surface area contributed by atoms with Crippen LogP contribution in [0.4, 0.5) is 11.4 Å². The van der Waals surface area contributed by atoms with E-state index in [0.29, 0.717) is 16.9 Å². The number of nitrogen functional groups attached to an aromatic ring is 1. The molecule has 30 heavy (non-hydrogen) atoms. The van der Waals surface area contributed by atoms with Crippen LogP contribution in [0, 0.1) is 11.3 Å². The van der Waals surface area contributed by atoms with E-state index in [1.807, 2.05) is 30.3 Å². The Morgan fingerprint density at radius 3 is 2.37 bits per heavy atom. The first-order valence-electron chi connectivity index (χ1n) is 9.12. The van der Waals surface area contributed by atoms with Crippen LogP contribution in [0.15, 0.2) is 66.7 Å². The average Bonchev–Trinajstić information content (AvgIpc) is 2.98. The lowest BCUT2D eigenvalue weighted by atomic mass is 10.0. The minimum atomic E-state index is -0.542. The van der Waals surface area contributed by atoms with Crippen molar-refractivity contribution in [3.8, 4) is 17.2 Å². The van der Waals surface area contributed by atoms with Crippen LogP contribution in [-0.4, -0.2) is 29.2 Å². The molecule has 0 aliphatic carbocycles. The van der Waals surface area contributed by atoms with Crippen molar-refractivity contribution in [2.24, 2.45) is 0 Å². The number of imide groups is 1. The maximum absolute atomic E-state index is 12.6. The van der Waals surface area contributed by atoms with Crippen molar-refractivity contribution < 1.29 is 14.4 Å². The van der Waals surface area contributed by atoms with Gasteiger partial charge < -0.3 is 11.1 Å². The van der Waals surface area contributed by atoms with Gasteiger partial charge in [-0.05, 0) is 53.6 Å². The van der Waals surface area contributed by atoms with Crippen LogP contribution in [-0.2, 0) is 0 Å². The van der Waals surface area contributed by atoms with Crippen LogP contribution < -0.4 is 11.1 Å². The summed E-state index contributed by atoms with van der Waals surface area (Å²) in [6.07, 6.45) is 0. The molecule has 0 saturated carbocycles. The normalized spacial score (nSPS) is 12.4. The van der Waals surface area contributed by atoms with Crippen molar-refractivity contribution in [1.29, 1.82) is 5.26 Å². The topological polar surface area (TPSA) is 116 Å². The maximum atomic E-state index is 12.6. The number of hydrogen-bond donors (Lipinski definition) is 2. The summed E-state index contributed by atoms with van der Waals surface area (Å²) >= 11 is 0. The first kappa shape index (κ1) is 18.9. The fraction of sp³-hybridized carbons (Fsp3) is 0.0435. The van der Waals surface area contributed by atoms with Crippen LogP contribution in [0.3, 0.4) is 0 Å². The molecule has 0 radical (unpaired) electrons. The molecule has 3 aromatic carbocycles. The molecule has 1 aliphatic rings. The monoisotopic (exact) mass is 396 g/mol. The van der Waals surface area contributed by atoms with E-state index >= 15 is 0 Å². The predicted molar refractivity (Wildman–Crippen MR) is 112 cm³/mol. The molecule has 0 spiro atoms. The molecule has 3 amide bonds. The molecular formula is C23H16N4O3. The minimum Gasteiger partial charge on any atom is -0.399 e. The van der Waals surface area contributed by atoms with E-state index in [2.05, 4.69) is 5.32 Å². The summed E-state index contributed by atoms with van der Waals surface area (Å²) in [5.41, 5.74) is 9.57. The Kier molecular flexibility index (Phi) is 4.74. The summed E-state index contributed by atoms with van der Waals surface area (Å²) in [5, 5.41) is 11.5. The quantitative estimate of drug-likeness (QED) is 0.399. The third-order valence-corrected chi connectivity index (χ3v) is 4.82. The van der Waals surface area contributed by atoms with Gasteiger partial charge in [0.25, 0.3) is 17.7 Å². The summed E-state index contributed by atoms with van der Waals surface area (Å²) in [4.78, 5) is 38.0. The molecule has 3 N–H and O–H groups in total. The number of amides is 3. The van der Waals surface area contributed by atoms with Gasteiger partial charge >= 0.3 is 0 Å². The summed E-state index contributed by atoms with van der Waals surface area (Å²) < 4.78 is 0. The molecule has 7 nitrogen and oxygen atoms in total. The average molecular weight is 396 g/mol. The van der Waals surface area contributed by atoms with Gasteiger partial charge in [0.1, 0.15) is 6.54 Å². The van der Waals surface area contributed by atoms with E-state index in [0.717, 1.165) is 16.0 Å². The zero-order valence-electron chi connectivity index (χ0n) is 15.8. The molecule has 0 saturated heterocycles. The molecule has 146 valence electrons. The van der Waals surface area contributed by atoms with Crippen LogP contribution in [0.5, 0.6) is 0 Å². The van der Waals surface area contributed by atoms with Gasteiger partial charge in [-0.3, -0.25) is 19.3 Å². The molecule has 1 aliphatic heterocycles. The molecule has 4 rings (SSSR count). The minimum absolute atomic E-state index is 0.171. The Morgan fingerprint density at radius 1 is 0.933 bits per heavy atom. The van der Waals surface area contributed by atoms with E-state index in [9.17, 15) is 14.4 Å². The van der Waals surface area contributed by atoms with Crippen molar-refractivity contribution in [2.45, 2.75) is 0 Å². The Morgan fingerprint density at radius 2 is 1.67 bits per heavy atom. The highest BCUT2D eigenvalue weighted by atomic mass is 16.2. The second kappa shape index (κ2) is 7.53. The van der Waals surface area contributed by atoms with Crippen LogP contribution in [0.1, 0.15) is 31.1 Å². The first-order chi connectivity index (χ1) is 14.5. The molecule has 0 atom stereocenters. The number of carbonyl (C=O) groups is 3. The van der Waals surface area contributed by atoms with Gasteiger partial charge in [-0.2, -0.15) is 5.26 Å². The number of nitriles is 1. The number of anilines is 2. The lowest BCUT2D eigenvalue weighted by Crippen LogP contribution is -2.29. The van der Waals surface area contributed by atoms with Gasteiger partial charge in [-0.1, -0.05) is 24.3 Å². The van der Waals surface area contributed by atoms with Crippen molar-refractivity contribution >= 4 is 29.1 Å². The SMILES string of the molecule is N#CCN1C(=O)c2ccc(NC(=O)c3ccc(-c4cccc(N)c4)cc3)cc2C1=O. The molecule has 0 aromatic heterocycles. The molecule has 0 unspecified atom stereocenters. The number of rotatable bonds is 4. The van der Waals surface area contributed by atoms with Crippen molar-refractivity contribution in [3.05, 3.63) is 83.4 Å². The number of fused-ring (bicyclic) bond motifs is 1. The number of nitrogens with zero attached hydrogens (tertiary/aromatic N) is 2. The molecule has 0 fully saturated rings. The predicted octanol–water partition coefficient (Wildman–Crippen LogP) is 3.31. The standard InChI is InChI=1S/C23H16N4O3/c24-10-11-27-22(29)19-9-8-18(13-20(19)23(27)30)26-21(28)15-6-4-14(5-7-15)16-2-1-3-17(25)12-16/h1-9,12-13H,11,25H2,(H,26,28). The van der Waals surface area contributed by atoms with Gasteiger partial charge in [-0.25, -0.2) is 0 Å². The van der Waals surface area contributed by atoms with Gasteiger partial charge in [-0.15, -0.1) is 0 Å². The third-order valence-electron chi connectivity index (χ3n) is 4.82. The summed E-state index contributed by atoms with van der Waals surface area (Å²) in [7, 11) is 0. The van der Waals surface area contributed by atoms with Gasteiger partial charge in [0.2, 0.25) is 0 Å². The zero-order valence-corrected chi connectivity index (χ0v) is 15.8.